The third kappa shape index (κ3) is 2.36. The second-order valence-electron chi connectivity index (χ2n) is 5.13. The average Bonchev–Trinajstić information content (AvgIpc) is 2.33. The fourth-order valence-electron chi connectivity index (χ4n) is 2.70. The minimum Gasteiger partial charge on any atom is -0.368 e. The molecule has 0 N–H and O–H groups in total. The number of ketones is 1. The lowest BCUT2D eigenvalue weighted by Crippen LogP contribution is -2.43. The molecule has 1 saturated heterocycles. The number of hydrogen-bond acceptors (Lipinski definition) is 2. The number of Topliss-reactive ketones (excluding diaryl/α,β-unsaturated/α-hetero) is 1. The van der Waals surface area contributed by atoms with Gasteiger partial charge in [-0.3, -0.25) is 4.79 Å². The number of piperidine rings is 1. The van der Waals surface area contributed by atoms with Crippen LogP contribution in [0.15, 0.2) is 24.3 Å². The van der Waals surface area contributed by atoms with Crippen molar-refractivity contribution in [2.24, 2.45) is 5.92 Å². The average molecular weight is 231 g/mol. The van der Waals surface area contributed by atoms with Gasteiger partial charge in [0.1, 0.15) is 0 Å². The van der Waals surface area contributed by atoms with Crippen LogP contribution in [-0.2, 0) is 0 Å². The second-order valence-corrected chi connectivity index (χ2v) is 5.13. The van der Waals surface area contributed by atoms with E-state index in [9.17, 15) is 4.79 Å². The van der Waals surface area contributed by atoms with E-state index in [4.69, 9.17) is 0 Å². The van der Waals surface area contributed by atoms with E-state index in [1.54, 1.807) is 6.92 Å². The zero-order valence-electron chi connectivity index (χ0n) is 10.9. The molecule has 2 unspecified atom stereocenters. The Bertz CT molecular complexity index is 413. The van der Waals surface area contributed by atoms with Crippen LogP contribution in [0.4, 0.5) is 5.69 Å². The number of anilines is 1. The van der Waals surface area contributed by atoms with Crippen molar-refractivity contribution < 1.29 is 4.79 Å². The number of hydrogen-bond donors (Lipinski definition) is 0. The first kappa shape index (κ1) is 12.2. The third-order valence-electron chi connectivity index (χ3n) is 3.97. The maximum atomic E-state index is 11.7. The summed E-state index contributed by atoms with van der Waals surface area (Å²) in [6, 6.07) is 8.49. The van der Waals surface area contributed by atoms with Crippen LogP contribution in [0.1, 0.15) is 44.0 Å². The molecule has 1 fully saturated rings. The molecule has 1 aromatic carbocycles. The monoisotopic (exact) mass is 231 g/mol. The normalized spacial score (nSPS) is 24.8. The first-order valence-electron chi connectivity index (χ1n) is 6.48. The Balaban J connectivity index is 2.36. The number of benzene rings is 1. The molecular formula is C15H21NO. The molecule has 92 valence electrons. The van der Waals surface area contributed by atoms with Crippen LogP contribution in [0.5, 0.6) is 0 Å². The largest absolute Gasteiger partial charge is 0.368 e. The van der Waals surface area contributed by atoms with Gasteiger partial charge in [-0.1, -0.05) is 19.1 Å². The van der Waals surface area contributed by atoms with Crippen molar-refractivity contribution in [2.45, 2.75) is 39.7 Å². The number of para-hydroxylation sites is 1. The van der Waals surface area contributed by atoms with Gasteiger partial charge >= 0.3 is 0 Å². The molecule has 0 radical (unpaired) electrons. The van der Waals surface area contributed by atoms with Crippen LogP contribution in [0.2, 0.25) is 0 Å². The molecule has 0 saturated carbocycles. The first-order chi connectivity index (χ1) is 8.11. The van der Waals surface area contributed by atoms with E-state index in [2.05, 4.69) is 24.8 Å². The summed E-state index contributed by atoms with van der Waals surface area (Å²) in [6.07, 6.45) is 2.51. The summed E-state index contributed by atoms with van der Waals surface area (Å²) < 4.78 is 0. The summed E-state index contributed by atoms with van der Waals surface area (Å²) in [5, 5.41) is 0. The topological polar surface area (TPSA) is 20.3 Å². The van der Waals surface area contributed by atoms with Crippen molar-refractivity contribution in [3.05, 3.63) is 29.8 Å². The van der Waals surface area contributed by atoms with Gasteiger partial charge < -0.3 is 4.90 Å². The van der Waals surface area contributed by atoms with Crippen molar-refractivity contribution in [2.75, 3.05) is 11.4 Å². The minimum absolute atomic E-state index is 0.158. The summed E-state index contributed by atoms with van der Waals surface area (Å²) >= 11 is 0. The van der Waals surface area contributed by atoms with E-state index in [1.807, 2.05) is 18.2 Å². The Kier molecular flexibility index (Phi) is 3.51. The molecule has 1 aromatic rings. The van der Waals surface area contributed by atoms with Crippen molar-refractivity contribution in [3.63, 3.8) is 0 Å². The molecule has 0 aliphatic carbocycles. The Hall–Kier alpha value is -1.31. The van der Waals surface area contributed by atoms with Crippen LogP contribution in [0.3, 0.4) is 0 Å². The van der Waals surface area contributed by atoms with E-state index in [1.165, 1.54) is 12.8 Å². The van der Waals surface area contributed by atoms with Gasteiger partial charge in [-0.05, 0) is 44.7 Å². The Labute approximate surface area is 104 Å². The van der Waals surface area contributed by atoms with E-state index in [0.29, 0.717) is 12.0 Å². The summed E-state index contributed by atoms with van der Waals surface area (Å²) in [5.74, 6) is 0.856. The lowest BCUT2D eigenvalue weighted by Gasteiger charge is -2.40. The zero-order valence-corrected chi connectivity index (χ0v) is 10.9. The van der Waals surface area contributed by atoms with Crippen LogP contribution >= 0.6 is 0 Å². The quantitative estimate of drug-likeness (QED) is 0.726. The van der Waals surface area contributed by atoms with Gasteiger partial charge in [0.15, 0.2) is 5.78 Å². The van der Waals surface area contributed by atoms with Crippen LogP contribution in [-0.4, -0.2) is 18.4 Å². The van der Waals surface area contributed by atoms with Crippen LogP contribution in [0.25, 0.3) is 0 Å². The van der Waals surface area contributed by atoms with E-state index >= 15 is 0 Å². The lowest BCUT2D eigenvalue weighted by molar-refractivity contribution is 0.101. The summed E-state index contributed by atoms with van der Waals surface area (Å²) in [6.45, 7) is 7.28. The van der Waals surface area contributed by atoms with Crippen LogP contribution < -0.4 is 4.90 Å². The van der Waals surface area contributed by atoms with Gasteiger partial charge in [0.25, 0.3) is 0 Å². The molecule has 2 atom stereocenters. The van der Waals surface area contributed by atoms with Crippen molar-refractivity contribution in [1.29, 1.82) is 0 Å². The lowest BCUT2D eigenvalue weighted by atomic mass is 9.91. The highest BCUT2D eigenvalue weighted by atomic mass is 16.1. The van der Waals surface area contributed by atoms with E-state index in [0.717, 1.165) is 17.8 Å². The predicted octanol–water partition coefficient (Wildman–Crippen LogP) is 3.51. The Morgan fingerprint density at radius 2 is 2.00 bits per heavy atom. The maximum Gasteiger partial charge on any atom is 0.161 e. The van der Waals surface area contributed by atoms with Gasteiger partial charge in [-0.25, -0.2) is 0 Å². The molecular weight excluding hydrogens is 210 g/mol. The zero-order chi connectivity index (χ0) is 12.4. The smallest absolute Gasteiger partial charge is 0.161 e. The highest BCUT2D eigenvalue weighted by molar-refractivity contribution is 5.99. The third-order valence-corrected chi connectivity index (χ3v) is 3.97. The van der Waals surface area contributed by atoms with E-state index < -0.39 is 0 Å². The minimum atomic E-state index is 0.158. The summed E-state index contributed by atoms with van der Waals surface area (Å²) in [5.41, 5.74) is 1.97. The molecule has 2 heteroatoms. The van der Waals surface area contributed by atoms with Crippen molar-refractivity contribution in [1.82, 2.24) is 0 Å². The van der Waals surface area contributed by atoms with Gasteiger partial charge in [0.05, 0.1) is 0 Å². The number of nitrogens with zero attached hydrogens (tertiary/aromatic N) is 1. The van der Waals surface area contributed by atoms with Crippen LogP contribution in [0, 0.1) is 5.92 Å². The molecule has 1 heterocycles. The summed E-state index contributed by atoms with van der Waals surface area (Å²) in [7, 11) is 0. The Morgan fingerprint density at radius 3 is 2.71 bits per heavy atom. The number of carbonyl (C=O) groups excluding carboxylic acids is 1. The highest BCUT2D eigenvalue weighted by Gasteiger charge is 2.26. The van der Waals surface area contributed by atoms with Gasteiger partial charge in [-0.2, -0.15) is 0 Å². The van der Waals surface area contributed by atoms with Crippen molar-refractivity contribution >= 4 is 11.5 Å². The van der Waals surface area contributed by atoms with Gasteiger partial charge in [-0.15, -0.1) is 0 Å². The molecule has 1 aliphatic rings. The maximum absolute atomic E-state index is 11.7. The SMILES string of the molecule is CC(=O)c1ccccc1N1CCCC(C)C1C. The highest BCUT2D eigenvalue weighted by Crippen LogP contribution is 2.30. The fraction of sp³-hybridized carbons (Fsp3) is 0.533. The van der Waals surface area contributed by atoms with Crippen molar-refractivity contribution in [3.8, 4) is 0 Å². The number of rotatable bonds is 2. The molecule has 17 heavy (non-hydrogen) atoms. The standard InChI is InChI=1S/C15H21NO/c1-11-7-6-10-16(12(11)2)15-9-5-4-8-14(15)13(3)17/h4-5,8-9,11-12H,6-7,10H2,1-3H3. The van der Waals surface area contributed by atoms with Gasteiger partial charge in [0.2, 0.25) is 0 Å². The van der Waals surface area contributed by atoms with Gasteiger partial charge in [0, 0.05) is 23.8 Å². The molecule has 2 nitrogen and oxygen atoms in total. The molecule has 0 aromatic heterocycles. The Morgan fingerprint density at radius 1 is 1.29 bits per heavy atom. The number of carbonyl (C=O) groups is 1. The molecule has 0 bridgehead atoms. The molecule has 0 amide bonds. The predicted molar refractivity (Wildman–Crippen MR) is 71.7 cm³/mol. The second kappa shape index (κ2) is 4.91. The molecule has 1 aliphatic heterocycles. The molecule has 0 spiro atoms. The first-order valence-corrected chi connectivity index (χ1v) is 6.48. The van der Waals surface area contributed by atoms with E-state index in [-0.39, 0.29) is 5.78 Å². The summed E-state index contributed by atoms with van der Waals surface area (Å²) in [4.78, 5) is 14.1. The molecule has 2 rings (SSSR count). The fourth-order valence-corrected chi connectivity index (χ4v) is 2.70.